The lowest BCUT2D eigenvalue weighted by Crippen LogP contribution is -1.91. The van der Waals surface area contributed by atoms with Gasteiger partial charge in [-0.05, 0) is 43.4 Å². The van der Waals surface area contributed by atoms with Gasteiger partial charge >= 0.3 is 0 Å². The van der Waals surface area contributed by atoms with Crippen molar-refractivity contribution < 1.29 is 0 Å². The van der Waals surface area contributed by atoms with Crippen LogP contribution in [0.4, 0.5) is 0 Å². The van der Waals surface area contributed by atoms with Crippen molar-refractivity contribution in [2.45, 2.75) is 78.1 Å². The molecule has 0 spiro atoms. The number of nitrogens with zero attached hydrogens (tertiary/aromatic N) is 2. The number of fused-ring (bicyclic) bond motifs is 1. The van der Waals surface area contributed by atoms with E-state index in [1.165, 1.54) is 82.5 Å². The number of thiophene rings is 2. The Labute approximate surface area is 165 Å². The summed E-state index contributed by atoms with van der Waals surface area (Å²) < 4.78 is 2.79. The minimum Gasteiger partial charge on any atom is -0.236 e. The van der Waals surface area contributed by atoms with Crippen molar-refractivity contribution in [1.29, 1.82) is 0 Å². The molecule has 26 heavy (non-hydrogen) atoms. The van der Waals surface area contributed by atoms with E-state index in [0.717, 1.165) is 12.2 Å². The van der Waals surface area contributed by atoms with Gasteiger partial charge in [0, 0.05) is 26.7 Å². The first-order valence-corrected chi connectivity index (χ1v) is 11.8. The van der Waals surface area contributed by atoms with E-state index < -0.39 is 0 Å². The van der Waals surface area contributed by atoms with E-state index in [1.54, 1.807) is 0 Å². The third kappa shape index (κ3) is 5.37. The molecule has 0 bridgehead atoms. The van der Waals surface area contributed by atoms with E-state index in [1.807, 2.05) is 35.1 Å². The summed E-state index contributed by atoms with van der Waals surface area (Å²) in [5.41, 5.74) is 1.26. The van der Waals surface area contributed by atoms with E-state index in [2.05, 4.69) is 35.9 Å². The molecule has 0 aliphatic rings. The van der Waals surface area contributed by atoms with Crippen LogP contribution >= 0.6 is 22.7 Å². The van der Waals surface area contributed by atoms with Gasteiger partial charge < -0.3 is 0 Å². The van der Waals surface area contributed by atoms with Crippen LogP contribution in [0.2, 0.25) is 0 Å². The summed E-state index contributed by atoms with van der Waals surface area (Å²) in [6, 6.07) is 4.66. The topological polar surface area (TPSA) is 25.8 Å². The first-order chi connectivity index (χ1) is 12.8. The van der Waals surface area contributed by atoms with Gasteiger partial charge in [0.2, 0.25) is 0 Å². The van der Waals surface area contributed by atoms with Gasteiger partial charge in [-0.3, -0.25) is 0 Å². The Morgan fingerprint density at radius 2 is 1.38 bits per heavy atom. The molecule has 0 atom stereocenters. The maximum absolute atomic E-state index is 4.61. The summed E-state index contributed by atoms with van der Waals surface area (Å²) in [7, 11) is 0. The molecule has 3 rings (SSSR count). The Hall–Kier alpha value is -1.26. The second-order valence-corrected chi connectivity index (χ2v) is 9.34. The Morgan fingerprint density at radius 3 is 2.12 bits per heavy atom. The van der Waals surface area contributed by atoms with Crippen molar-refractivity contribution in [2.75, 3.05) is 0 Å². The second-order valence-electron chi connectivity index (χ2n) is 7.09. The number of hydrogen-bond acceptors (Lipinski definition) is 4. The number of hydrogen-bond donors (Lipinski definition) is 0. The van der Waals surface area contributed by atoms with Crippen LogP contribution in [0.25, 0.3) is 20.1 Å². The average molecular weight is 387 g/mol. The first kappa shape index (κ1) is 19.5. The largest absolute Gasteiger partial charge is 0.236 e. The number of unbranched alkanes of at least 4 members (excludes halogenated alkanes) is 6. The molecule has 0 aliphatic heterocycles. The molecule has 0 saturated heterocycles. The second kappa shape index (κ2) is 10.2. The maximum Gasteiger partial charge on any atom is 0.169 e. The van der Waals surface area contributed by atoms with Crippen LogP contribution in [0.15, 0.2) is 24.5 Å². The summed E-state index contributed by atoms with van der Waals surface area (Å²) in [5.74, 6) is 0.874. The molecule has 0 aromatic carbocycles. The third-order valence-electron chi connectivity index (χ3n) is 4.78. The molecule has 0 amide bonds. The van der Waals surface area contributed by atoms with E-state index in [4.69, 9.17) is 0 Å². The first-order valence-electron chi connectivity index (χ1n) is 10.1. The predicted octanol–water partition coefficient (Wildman–Crippen LogP) is 7.67. The van der Waals surface area contributed by atoms with Gasteiger partial charge in [-0.15, -0.1) is 22.7 Å². The quantitative estimate of drug-likeness (QED) is 0.316. The zero-order valence-electron chi connectivity index (χ0n) is 16.1. The van der Waals surface area contributed by atoms with Crippen molar-refractivity contribution in [3.63, 3.8) is 0 Å². The van der Waals surface area contributed by atoms with Gasteiger partial charge in [-0.25, -0.2) is 9.97 Å². The van der Waals surface area contributed by atoms with Crippen LogP contribution in [0, 0.1) is 0 Å². The van der Waals surface area contributed by atoms with Crippen LogP contribution in [0.5, 0.6) is 0 Å². The van der Waals surface area contributed by atoms with Gasteiger partial charge in [0.05, 0.1) is 4.88 Å². The fourth-order valence-electron chi connectivity index (χ4n) is 3.21. The molecule has 3 aromatic rings. The van der Waals surface area contributed by atoms with E-state index in [9.17, 15) is 0 Å². The van der Waals surface area contributed by atoms with Gasteiger partial charge in [0.25, 0.3) is 0 Å². The van der Waals surface area contributed by atoms with Crippen LogP contribution in [0.3, 0.4) is 0 Å². The van der Waals surface area contributed by atoms with Gasteiger partial charge in [-0.1, -0.05) is 52.4 Å². The minimum atomic E-state index is 0.874. The molecule has 0 saturated carbocycles. The van der Waals surface area contributed by atoms with Gasteiger partial charge in [0.1, 0.15) is 0 Å². The average Bonchev–Trinajstić information content (AvgIpc) is 3.21. The zero-order valence-corrected chi connectivity index (χ0v) is 17.7. The van der Waals surface area contributed by atoms with E-state index >= 15 is 0 Å². The van der Waals surface area contributed by atoms with Crippen molar-refractivity contribution in [3.05, 3.63) is 35.0 Å². The highest BCUT2D eigenvalue weighted by Crippen LogP contribution is 2.37. The molecule has 2 nitrogen and oxygen atoms in total. The Balaban J connectivity index is 1.58. The van der Waals surface area contributed by atoms with Gasteiger partial charge in [0.15, 0.2) is 5.82 Å². The number of aryl methyl sites for hydroxylation is 2. The molecular weight excluding hydrogens is 356 g/mol. The molecule has 0 aliphatic carbocycles. The molecule has 4 heteroatoms. The predicted molar refractivity (Wildman–Crippen MR) is 116 cm³/mol. The smallest absolute Gasteiger partial charge is 0.169 e. The molecule has 0 fully saturated rings. The van der Waals surface area contributed by atoms with Crippen LogP contribution in [0.1, 0.15) is 75.7 Å². The lowest BCUT2D eigenvalue weighted by molar-refractivity contribution is 0.634. The van der Waals surface area contributed by atoms with Crippen molar-refractivity contribution in [1.82, 2.24) is 9.97 Å². The molecule has 0 radical (unpaired) electrons. The Bertz CT molecular complexity index is 755. The maximum atomic E-state index is 4.61. The molecule has 3 heterocycles. The highest BCUT2D eigenvalue weighted by Gasteiger charge is 2.10. The van der Waals surface area contributed by atoms with Crippen LogP contribution in [-0.4, -0.2) is 9.97 Å². The fourth-order valence-corrected chi connectivity index (χ4v) is 5.62. The number of rotatable bonds is 11. The highest BCUT2D eigenvalue weighted by molar-refractivity contribution is 7.29. The van der Waals surface area contributed by atoms with Gasteiger partial charge in [-0.2, -0.15) is 0 Å². The lowest BCUT2D eigenvalue weighted by Gasteiger charge is -2.01. The summed E-state index contributed by atoms with van der Waals surface area (Å²) >= 11 is 3.78. The summed E-state index contributed by atoms with van der Waals surface area (Å²) in [5, 5.41) is 0. The summed E-state index contributed by atoms with van der Waals surface area (Å²) in [4.78, 5) is 11.9. The van der Waals surface area contributed by atoms with Crippen molar-refractivity contribution >= 4 is 32.1 Å². The minimum absolute atomic E-state index is 0.874. The molecule has 3 aromatic heterocycles. The fraction of sp³-hybridized carbons (Fsp3) is 0.545. The third-order valence-corrected chi connectivity index (χ3v) is 7.13. The van der Waals surface area contributed by atoms with Crippen LogP contribution in [-0.2, 0) is 12.8 Å². The van der Waals surface area contributed by atoms with Crippen molar-refractivity contribution in [3.8, 4) is 10.7 Å². The number of aromatic nitrogens is 2. The zero-order chi connectivity index (χ0) is 18.2. The SMILES string of the molecule is CCCCCCCc1cc2sc(-c3ncc(CCCCC)cn3)cc2s1. The normalized spacial score (nSPS) is 11.5. The molecule has 0 N–H and O–H groups in total. The lowest BCUT2D eigenvalue weighted by atomic mass is 10.1. The molecule has 140 valence electrons. The summed E-state index contributed by atoms with van der Waals surface area (Å²) in [6.45, 7) is 4.51. The van der Waals surface area contributed by atoms with E-state index in [-0.39, 0.29) is 0 Å². The van der Waals surface area contributed by atoms with E-state index in [0.29, 0.717) is 0 Å². The molecule has 0 unspecified atom stereocenters. The Kier molecular flexibility index (Phi) is 7.63. The van der Waals surface area contributed by atoms with Crippen molar-refractivity contribution in [2.24, 2.45) is 0 Å². The Morgan fingerprint density at radius 1 is 0.731 bits per heavy atom. The van der Waals surface area contributed by atoms with Crippen LogP contribution < -0.4 is 0 Å². The summed E-state index contributed by atoms with van der Waals surface area (Å²) in [6.07, 6.45) is 16.9. The highest BCUT2D eigenvalue weighted by atomic mass is 32.1. The molecular formula is C22H30N2S2. The standard InChI is InChI=1S/C22H30N2S2/c1-3-5-7-8-10-12-18-13-19-20(25-18)14-21(26-19)22-23-15-17(16-24-22)11-9-6-4-2/h13-16H,3-12H2,1-2H3. The monoisotopic (exact) mass is 386 g/mol.